The topological polar surface area (TPSA) is 101 Å². The number of carbonyl (C=O) groups excluding carboxylic acids is 1. The van der Waals surface area contributed by atoms with Crippen molar-refractivity contribution in [2.24, 2.45) is 0 Å². The summed E-state index contributed by atoms with van der Waals surface area (Å²) in [4.78, 5) is 32.3. The predicted octanol–water partition coefficient (Wildman–Crippen LogP) is 0.627. The van der Waals surface area contributed by atoms with Gasteiger partial charge in [0.1, 0.15) is 11.3 Å². The van der Waals surface area contributed by atoms with Crippen LogP contribution in [0.2, 0.25) is 0 Å². The molecule has 1 rings (SSSR count). The predicted molar refractivity (Wildman–Crippen MR) is 57.4 cm³/mol. The molecule has 88 valence electrons. The van der Waals surface area contributed by atoms with Crippen LogP contribution in [-0.4, -0.2) is 55.4 Å². The average Bonchev–Trinajstić information content (AvgIpc) is 2.15. The van der Waals surface area contributed by atoms with E-state index in [4.69, 9.17) is 10.2 Å². The maximum Gasteiger partial charge on any atom is 0.340 e. The summed E-state index contributed by atoms with van der Waals surface area (Å²) in [6.07, 6.45) is 0. The molecule has 0 bridgehead atoms. The standard InChI is InChI=1S/C10H8O6.Pb/c1-5(11)16-7-4-2-3-6(9(12)13)8(7)10(14)15;/h2-4H,1H3,(H,12,13)(H,14,15);. The average molecular weight is 431 g/mol. The van der Waals surface area contributed by atoms with Gasteiger partial charge in [-0.1, -0.05) is 6.07 Å². The van der Waals surface area contributed by atoms with E-state index in [1.165, 1.54) is 12.1 Å². The number of aromatic carboxylic acids is 2. The zero-order valence-electron chi connectivity index (χ0n) is 8.76. The van der Waals surface area contributed by atoms with Gasteiger partial charge >= 0.3 is 17.9 Å². The fourth-order valence-electron chi connectivity index (χ4n) is 1.17. The number of hydrogen-bond acceptors (Lipinski definition) is 4. The first kappa shape index (κ1) is 15.6. The minimum Gasteiger partial charge on any atom is -0.478 e. The molecule has 0 aliphatic rings. The van der Waals surface area contributed by atoms with Crippen LogP contribution in [0.5, 0.6) is 5.75 Å². The number of carboxylic acid groups (broad SMARTS) is 2. The third-order valence-electron chi connectivity index (χ3n) is 1.72. The van der Waals surface area contributed by atoms with Crippen LogP contribution in [0.15, 0.2) is 18.2 Å². The molecule has 17 heavy (non-hydrogen) atoms. The zero-order chi connectivity index (χ0) is 12.3. The second-order valence-electron chi connectivity index (χ2n) is 2.88. The van der Waals surface area contributed by atoms with Crippen LogP contribution in [0, 0.1) is 0 Å². The summed E-state index contributed by atoms with van der Waals surface area (Å²) in [6, 6.07) is 3.64. The van der Waals surface area contributed by atoms with Crippen molar-refractivity contribution in [2.75, 3.05) is 0 Å². The van der Waals surface area contributed by atoms with E-state index in [-0.39, 0.29) is 33.0 Å². The van der Waals surface area contributed by atoms with E-state index < -0.39 is 29.0 Å². The maximum absolute atomic E-state index is 10.9. The summed E-state index contributed by atoms with van der Waals surface area (Å²) < 4.78 is 4.61. The van der Waals surface area contributed by atoms with Crippen molar-refractivity contribution >= 4 is 45.2 Å². The monoisotopic (exact) mass is 432 g/mol. The van der Waals surface area contributed by atoms with E-state index in [1.54, 1.807) is 0 Å². The molecular formula is C10H8O6Pb. The van der Waals surface area contributed by atoms with Gasteiger partial charge < -0.3 is 14.9 Å². The first-order valence-electron chi connectivity index (χ1n) is 4.21. The molecule has 1 aromatic carbocycles. The molecule has 0 spiro atoms. The second kappa shape index (κ2) is 6.33. The molecular weight excluding hydrogens is 423 g/mol. The summed E-state index contributed by atoms with van der Waals surface area (Å²) in [6.45, 7) is 1.10. The van der Waals surface area contributed by atoms with Gasteiger partial charge in [0, 0.05) is 34.2 Å². The third kappa shape index (κ3) is 3.80. The molecule has 0 aliphatic carbocycles. The molecule has 0 saturated heterocycles. The van der Waals surface area contributed by atoms with Gasteiger partial charge in [0.15, 0.2) is 0 Å². The molecule has 0 heterocycles. The van der Waals surface area contributed by atoms with E-state index in [9.17, 15) is 14.4 Å². The summed E-state index contributed by atoms with van der Waals surface area (Å²) in [5.74, 6) is -3.86. The van der Waals surface area contributed by atoms with Gasteiger partial charge in [-0.25, -0.2) is 9.59 Å². The van der Waals surface area contributed by atoms with Gasteiger partial charge in [-0.2, -0.15) is 0 Å². The van der Waals surface area contributed by atoms with E-state index in [0.29, 0.717) is 0 Å². The summed E-state index contributed by atoms with van der Waals surface area (Å²) in [7, 11) is 0. The van der Waals surface area contributed by atoms with Crippen LogP contribution in [-0.2, 0) is 4.79 Å². The molecule has 6 nitrogen and oxygen atoms in total. The summed E-state index contributed by atoms with van der Waals surface area (Å²) in [5.41, 5.74) is -0.962. The van der Waals surface area contributed by atoms with Crippen LogP contribution >= 0.6 is 0 Å². The molecule has 0 aromatic heterocycles. The molecule has 4 radical (unpaired) electrons. The van der Waals surface area contributed by atoms with Crippen molar-refractivity contribution in [3.8, 4) is 5.75 Å². The van der Waals surface area contributed by atoms with Crippen molar-refractivity contribution in [3.63, 3.8) is 0 Å². The molecule has 0 atom stereocenters. The molecule has 7 heteroatoms. The minimum atomic E-state index is -1.46. The SMILES string of the molecule is CC(=O)Oc1cccc(C(=O)O)c1C(=O)O.[Pb]. The Bertz CT molecular complexity index is 468. The normalized spacial score (nSPS) is 9.00. The van der Waals surface area contributed by atoms with Crippen molar-refractivity contribution < 1.29 is 29.3 Å². The molecule has 2 N–H and O–H groups in total. The van der Waals surface area contributed by atoms with Crippen molar-refractivity contribution in [2.45, 2.75) is 6.92 Å². The first-order valence-corrected chi connectivity index (χ1v) is 4.21. The summed E-state index contributed by atoms with van der Waals surface area (Å²) >= 11 is 0. The molecule has 0 fully saturated rings. The Balaban J connectivity index is 0.00000256. The minimum absolute atomic E-state index is 0. The molecule has 0 amide bonds. The van der Waals surface area contributed by atoms with Crippen molar-refractivity contribution in [1.29, 1.82) is 0 Å². The Labute approximate surface area is 116 Å². The molecule has 0 aliphatic heterocycles. The first-order chi connectivity index (χ1) is 7.43. The number of benzene rings is 1. The largest absolute Gasteiger partial charge is 0.478 e. The van der Waals surface area contributed by atoms with Crippen molar-refractivity contribution in [1.82, 2.24) is 0 Å². The molecule has 1 aromatic rings. The quantitative estimate of drug-likeness (QED) is 0.414. The number of rotatable bonds is 3. The van der Waals surface area contributed by atoms with Gasteiger partial charge in [0.2, 0.25) is 0 Å². The number of esters is 1. The van der Waals surface area contributed by atoms with Gasteiger partial charge in [0.05, 0.1) is 5.56 Å². The summed E-state index contributed by atoms with van der Waals surface area (Å²) in [5, 5.41) is 17.6. The number of ether oxygens (including phenoxy) is 1. The van der Waals surface area contributed by atoms with Crippen molar-refractivity contribution in [3.05, 3.63) is 29.3 Å². The van der Waals surface area contributed by atoms with E-state index >= 15 is 0 Å². The van der Waals surface area contributed by atoms with E-state index in [1.807, 2.05) is 0 Å². The van der Waals surface area contributed by atoms with Crippen LogP contribution in [0.3, 0.4) is 0 Å². The fraction of sp³-hybridized carbons (Fsp3) is 0.100. The third-order valence-corrected chi connectivity index (χ3v) is 1.72. The van der Waals surface area contributed by atoms with Gasteiger partial charge in [-0.05, 0) is 12.1 Å². The Kier molecular flexibility index (Phi) is 5.79. The van der Waals surface area contributed by atoms with E-state index in [0.717, 1.165) is 13.0 Å². The van der Waals surface area contributed by atoms with Crippen LogP contribution in [0.25, 0.3) is 0 Å². The smallest absolute Gasteiger partial charge is 0.340 e. The molecule has 0 saturated carbocycles. The Morgan fingerprint density at radius 3 is 2.12 bits per heavy atom. The maximum atomic E-state index is 10.9. The second-order valence-corrected chi connectivity index (χ2v) is 2.88. The van der Waals surface area contributed by atoms with Gasteiger partial charge in [0.25, 0.3) is 0 Å². The molecule has 0 unspecified atom stereocenters. The Hall–Kier alpha value is -1.45. The Morgan fingerprint density at radius 2 is 1.71 bits per heavy atom. The zero-order valence-corrected chi connectivity index (χ0v) is 12.6. The Morgan fingerprint density at radius 1 is 1.12 bits per heavy atom. The van der Waals surface area contributed by atoms with Crippen LogP contribution in [0.1, 0.15) is 27.6 Å². The number of carbonyl (C=O) groups is 3. The van der Waals surface area contributed by atoms with E-state index in [2.05, 4.69) is 4.74 Å². The number of hydrogen-bond donors (Lipinski definition) is 2. The van der Waals surface area contributed by atoms with Gasteiger partial charge in [-0.3, -0.25) is 4.79 Å². The van der Waals surface area contributed by atoms with Gasteiger partial charge in [-0.15, -0.1) is 0 Å². The van der Waals surface area contributed by atoms with Crippen LogP contribution < -0.4 is 4.74 Å². The number of carboxylic acids is 2. The van der Waals surface area contributed by atoms with Crippen LogP contribution in [0.4, 0.5) is 0 Å². The fourth-order valence-corrected chi connectivity index (χ4v) is 1.17.